The Morgan fingerprint density at radius 3 is 2.46 bits per heavy atom. The Hall–Kier alpha value is -2.13. The smallest absolute Gasteiger partial charge is 0.254 e. The molecule has 1 unspecified atom stereocenters. The van der Waals surface area contributed by atoms with Gasteiger partial charge in [0.1, 0.15) is 0 Å². The number of hydrogen-bond donors (Lipinski definition) is 1. The maximum Gasteiger partial charge on any atom is 0.254 e. The topological polar surface area (TPSA) is 46.3 Å². The van der Waals surface area contributed by atoms with Gasteiger partial charge in [-0.1, -0.05) is 47.5 Å². The van der Waals surface area contributed by atoms with Crippen molar-refractivity contribution < 1.29 is 4.79 Å². The quantitative estimate of drug-likeness (QED) is 0.940. The van der Waals surface area contributed by atoms with Crippen LogP contribution in [0.2, 0.25) is 0 Å². The van der Waals surface area contributed by atoms with Crippen molar-refractivity contribution >= 4 is 5.91 Å². The van der Waals surface area contributed by atoms with Crippen LogP contribution in [0.15, 0.2) is 48.5 Å². The van der Waals surface area contributed by atoms with Gasteiger partial charge in [0.2, 0.25) is 0 Å². The molecular weight excluding hydrogens is 296 g/mol. The molecule has 2 aromatic carbocycles. The van der Waals surface area contributed by atoms with Crippen molar-refractivity contribution in [3.8, 4) is 0 Å². The van der Waals surface area contributed by atoms with E-state index >= 15 is 0 Å². The molecule has 0 spiro atoms. The highest BCUT2D eigenvalue weighted by Crippen LogP contribution is 2.23. The van der Waals surface area contributed by atoms with Crippen LogP contribution >= 0.6 is 0 Å². The summed E-state index contributed by atoms with van der Waals surface area (Å²) < 4.78 is 0. The van der Waals surface area contributed by atoms with Gasteiger partial charge in [0.25, 0.3) is 5.91 Å². The summed E-state index contributed by atoms with van der Waals surface area (Å²) in [5.41, 5.74) is 10.5. The molecule has 1 fully saturated rings. The molecule has 0 aromatic heterocycles. The molecule has 2 N–H and O–H groups in total. The highest BCUT2D eigenvalue weighted by Gasteiger charge is 2.30. The molecular formula is C21H26N2O. The minimum atomic E-state index is 0.134. The van der Waals surface area contributed by atoms with E-state index in [0.29, 0.717) is 0 Å². The number of hydrogen-bond acceptors (Lipinski definition) is 2. The van der Waals surface area contributed by atoms with E-state index in [4.69, 9.17) is 5.73 Å². The SMILES string of the molecule is Cc1cc(C)cc(C(=O)N2CCC(N)C[C@H]2Cc2ccccc2)c1. The van der Waals surface area contributed by atoms with Crippen molar-refractivity contribution in [2.75, 3.05) is 6.54 Å². The van der Waals surface area contributed by atoms with Gasteiger partial charge in [-0.3, -0.25) is 4.79 Å². The molecule has 0 bridgehead atoms. The third-order valence-electron chi connectivity index (χ3n) is 4.80. The number of nitrogens with zero attached hydrogens (tertiary/aromatic N) is 1. The predicted molar refractivity (Wildman–Crippen MR) is 98.1 cm³/mol. The molecule has 1 heterocycles. The zero-order valence-electron chi connectivity index (χ0n) is 14.5. The molecule has 1 saturated heterocycles. The number of aryl methyl sites for hydroxylation is 2. The Balaban J connectivity index is 1.84. The normalized spacial score (nSPS) is 20.9. The molecule has 1 aliphatic rings. The summed E-state index contributed by atoms with van der Waals surface area (Å²) in [4.78, 5) is 15.1. The molecule has 1 aliphatic heterocycles. The second-order valence-corrected chi connectivity index (χ2v) is 7.00. The summed E-state index contributed by atoms with van der Waals surface area (Å²) in [5.74, 6) is 0.134. The monoisotopic (exact) mass is 322 g/mol. The van der Waals surface area contributed by atoms with Gasteiger partial charge in [-0.2, -0.15) is 0 Å². The van der Waals surface area contributed by atoms with Crippen LogP contribution in [0.25, 0.3) is 0 Å². The van der Waals surface area contributed by atoms with Crippen molar-refractivity contribution in [1.29, 1.82) is 0 Å². The van der Waals surface area contributed by atoms with Crippen molar-refractivity contribution in [2.24, 2.45) is 5.73 Å². The lowest BCUT2D eigenvalue weighted by Crippen LogP contribution is -2.50. The number of amides is 1. The number of rotatable bonds is 3. The minimum Gasteiger partial charge on any atom is -0.335 e. The van der Waals surface area contributed by atoms with Crippen molar-refractivity contribution in [2.45, 2.75) is 45.2 Å². The molecule has 1 amide bonds. The molecule has 2 atom stereocenters. The van der Waals surface area contributed by atoms with Crippen LogP contribution in [-0.4, -0.2) is 29.4 Å². The van der Waals surface area contributed by atoms with Crippen LogP contribution in [-0.2, 0) is 6.42 Å². The summed E-state index contributed by atoms with van der Waals surface area (Å²) in [7, 11) is 0. The molecule has 0 radical (unpaired) electrons. The summed E-state index contributed by atoms with van der Waals surface area (Å²) in [6.45, 7) is 4.82. The number of carbonyl (C=O) groups excluding carboxylic acids is 1. The lowest BCUT2D eigenvalue weighted by Gasteiger charge is -2.38. The standard InChI is InChI=1S/C21H26N2O/c1-15-10-16(2)12-18(11-15)21(24)23-9-8-19(22)14-20(23)13-17-6-4-3-5-7-17/h3-7,10-12,19-20H,8-9,13-14,22H2,1-2H3/t19?,20-/m1/s1. The number of benzene rings is 2. The molecule has 126 valence electrons. The Labute approximate surface area is 144 Å². The Morgan fingerprint density at radius 2 is 1.79 bits per heavy atom. The van der Waals surface area contributed by atoms with E-state index in [-0.39, 0.29) is 18.0 Å². The second kappa shape index (κ2) is 7.18. The van der Waals surface area contributed by atoms with E-state index in [1.165, 1.54) is 5.56 Å². The van der Waals surface area contributed by atoms with Crippen LogP contribution in [0.5, 0.6) is 0 Å². The average Bonchev–Trinajstić information content (AvgIpc) is 2.54. The van der Waals surface area contributed by atoms with Crippen LogP contribution in [0.1, 0.15) is 39.9 Å². The van der Waals surface area contributed by atoms with Crippen molar-refractivity contribution in [3.63, 3.8) is 0 Å². The van der Waals surface area contributed by atoms with E-state index in [1.54, 1.807) is 0 Å². The van der Waals surface area contributed by atoms with Crippen LogP contribution in [0.4, 0.5) is 0 Å². The lowest BCUT2D eigenvalue weighted by molar-refractivity contribution is 0.0595. The third-order valence-corrected chi connectivity index (χ3v) is 4.80. The average molecular weight is 322 g/mol. The van der Waals surface area contributed by atoms with Gasteiger partial charge in [-0.05, 0) is 50.8 Å². The van der Waals surface area contributed by atoms with Crippen LogP contribution in [0.3, 0.4) is 0 Å². The first kappa shape index (κ1) is 16.7. The van der Waals surface area contributed by atoms with Crippen molar-refractivity contribution in [1.82, 2.24) is 4.90 Å². The molecule has 3 heteroatoms. The van der Waals surface area contributed by atoms with Gasteiger partial charge in [-0.25, -0.2) is 0 Å². The van der Waals surface area contributed by atoms with E-state index in [0.717, 1.165) is 42.5 Å². The van der Waals surface area contributed by atoms with E-state index in [9.17, 15) is 4.79 Å². The van der Waals surface area contributed by atoms with Crippen LogP contribution < -0.4 is 5.73 Å². The largest absolute Gasteiger partial charge is 0.335 e. The number of carbonyl (C=O) groups is 1. The highest BCUT2D eigenvalue weighted by molar-refractivity contribution is 5.95. The number of likely N-dealkylation sites (tertiary alicyclic amines) is 1. The number of piperidine rings is 1. The summed E-state index contributed by atoms with van der Waals surface area (Å²) in [6.07, 6.45) is 2.61. The van der Waals surface area contributed by atoms with Gasteiger partial charge in [0.05, 0.1) is 0 Å². The van der Waals surface area contributed by atoms with Gasteiger partial charge >= 0.3 is 0 Å². The van der Waals surface area contributed by atoms with E-state index < -0.39 is 0 Å². The Bertz CT molecular complexity index is 691. The molecule has 24 heavy (non-hydrogen) atoms. The summed E-state index contributed by atoms with van der Waals surface area (Å²) in [6, 6.07) is 16.8. The second-order valence-electron chi connectivity index (χ2n) is 7.00. The Morgan fingerprint density at radius 1 is 1.12 bits per heavy atom. The minimum absolute atomic E-state index is 0.134. The Kier molecular flexibility index (Phi) is 5.00. The first-order valence-electron chi connectivity index (χ1n) is 8.71. The highest BCUT2D eigenvalue weighted by atomic mass is 16.2. The molecule has 0 saturated carbocycles. The molecule has 3 nitrogen and oxygen atoms in total. The molecule has 2 aromatic rings. The van der Waals surface area contributed by atoms with Gasteiger partial charge in [-0.15, -0.1) is 0 Å². The predicted octanol–water partition coefficient (Wildman–Crippen LogP) is 3.48. The zero-order chi connectivity index (χ0) is 17.1. The van der Waals surface area contributed by atoms with Crippen molar-refractivity contribution in [3.05, 3.63) is 70.8 Å². The van der Waals surface area contributed by atoms with Gasteiger partial charge in [0, 0.05) is 24.2 Å². The van der Waals surface area contributed by atoms with E-state index in [1.807, 2.05) is 49.1 Å². The summed E-state index contributed by atoms with van der Waals surface area (Å²) >= 11 is 0. The van der Waals surface area contributed by atoms with Gasteiger partial charge < -0.3 is 10.6 Å². The lowest BCUT2D eigenvalue weighted by atomic mass is 9.91. The summed E-state index contributed by atoms with van der Waals surface area (Å²) in [5, 5.41) is 0. The first-order chi connectivity index (χ1) is 11.5. The zero-order valence-corrected chi connectivity index (χ0v) is 14.5. The molecule has 0 aliphatic carbocycles. The number of nitrogens with two attached hydrogens (primary N) is 1. The molecule has 3 rings (SSSR count). The maximum atomic E-state index is 13.1. The van der Waals surface area contributed by atoms with Gasteiger partial charge in [0.15, 0.2) is 0 Å². The third kappa shape index (κ3) is 3.85. The fourth-order valence-corrected chi connectivity index (χ4v) is 3.69. The first-order valence-corrected chi connectivity index (χ1v) is 8.71. The fraction of sp³-hybridized carbons (Fsp3) is 0.381. The van der Waals surface area contributed by atoms with Crippen LogP contribution in [0, 0.1) is 13.8 Å². The fourth-order valence-electron chi connectivity index (χ4n) is 3.69. The van der Waals surface area contributed by atoms with E-state index in [2.05, 4.69) is 18.2 Å². The maximum absolute atomic E-state index is 13.1.